The van der Waals surface area contributed by atoms with Gasteiger partial charge in [-0.05, 0) is 70.8 Å². The zero-order chi connectivity index (χ0) is 24.7. The molecule has 0 spiro atoms. The third-order valence-corrected chi connectivity index (χ3v) is 5.76. The maximum atomic E-state index is 12.8. The fourth-order valence-electron chi connectivity index (χ4n) is 3.20. The van der Waals surface area contributed by atoms with Crippen LogP contribution in [0, 0.1) is 9.49 Å². The predicted octanol–water partition coefficient (Wildman–Crippen LogP) is 3.72. The molecule has 3 rings (SSSR count). The number of rotatable bonds is 10. The number of nitrogens with one attached hydrogen (secondary N) is 2. The molecule has 2 aromatic rings. The van der Waals surface area contributed by atoms with Gasteiger partial charge in [-0.3, -0.25) is 9.59 Å². The summed E-state index contributed by atoms with van der Waals surface area (Å²) in [6, 6.07) is 7.76. The summed E-state index contributed by atoms with van der Waals surface area (Å²) in [6.45, 7) is 6.43. The number of nitrogens with zero attached hydrogens (tertiary/aromatic N) is 1. The summed E-state index contributed by atoms with van der Waals surface area (Å²) in [7, 11) is 1.57. The lowest BCUT2D eigenvalue weighted by molar-refractivity contribution is -0.123. The SMILES string of the molecule is CCCOc1c(I)cc(/C=N/NC(=O)C(NC(=O)c2ccc3c(c2)OCO3)C(C)C)cc1OC. The van der Waals surface area contributed by atoms with Crippen molar-refractivity contribution in [3.63, 3.8) is 0 Å². The first-order chi connectivity index (χ1) is 16.3. The number of fused-ring (bicyclic) bond motifs is 1. The summed E-state index contributed by atoms with van der Waals surface area (Å²) in [4.78, 5) is 25.5. The summed E-state index contributed by atoms with van der Waals surface area (Å²) >= 11 is 2.17. The average molecular weight is 581 g/mol. The molecule has 0 aliphatic carbocycles. The van der Waals surface area contributed by atoms with Crippen LogP contribution in [0.1, 0.15) is 43.1 Å². The molecular weight excluding hydrogens is 553 g/mol. The Kier molecular flexibility index (Phi) is 8.97. The molecular formula is C24H28IN3O6. The fourth-order valence-corrected chi connectivity index (χ4v) is 3.98. The highest BCUT2D eigenvalue weighted by atomic mass is 127. The smallest absolute Gasteiger partial charge is 0.262 e. The van der Waals surface area contributed by atoms with Crippen molar-refractivity contribution in [1.82, 2.24) is 10.7 Å². The quantitative estimate of drug-likeness (QED) is 0.252. The minimum absolute atomic E-state index is 0.120. The molecule has 0 saturated carbocycles. The third-order valence-electron chi connectivity index (χ3n) is 4.96. The lowest BCUT2D eigenvalue weighted by Crippen LogP contribution is -2.48. The van der Waals surface area contributed by atoms with Gasteiger partial charge in [0.05, 0.1) is 23.5 Å². The molecule has 0 fully saturated rings. The molecule has 2 amide bonds. The van der Waals surface area contributed by atoms with E-state index in [0.29, 0.717) is 35.2 Å². The fraction of sp³-hybridized carbons (Fsp3) is 0.375. The molecule has 1 unspecified atom stereocenters. The zero-order valence-electron chi connectivity index (χ0n) is 19.5. The Balaban J connectivity index is 1.65. The Morgan fingerprint density at radius 1 is 1.21 bits per heavy atom. The van der Waals surface area contributed by atoms with Gasteiger partial charge < -0.3 is 24.3 Å². The number of methoxy groups -OCH3 is 1. The molecule has 0 saturated heterocycles. The second kappa shape index (κ2) is 11.9. The topological polar surface area (TPSA) is 107 Å². The molecule has 34 heavy (non-hydrogen) atoms. The van der Waals surface area contributed by atoms with Gasteiger partial charge in [-0.15, -0.1) is 0 Å². The van der Waals surface area contributed by atoms with Crippen LogP contribution in [-0.4, -0.2) is 44.6 Å². The maximum absolute atomic E-state index is 12.8. The van der Waals surface area contributed by atoms with E-state index in [-0.39, 0.29) is 12.7 Å². The van der Waals surface area contributed by atoms with Crippen molar-refractivity contribution in [3.8, 4) is 23.0 Å². The molecule has 2 aromatic carbocycles. The maximum Gasteiger partial charge on any atom is 0.262 e. The van der Waals surface area contributed by atoms with Gasteiger partial charge in [-0.1, -0.05) is 20.8 Å². The predicted molar refractivity (Wildman–Crippen MR) is 136 cm³/mol. The summed E-state index contributed by atoms with van der Waals surface area (Å²) in [5.41, 5.74) is 3.62. The van der Waals surface area contributed by atoms with Crippen LogP contribution in [0.2, 0.25) is 0 Å². The van der Waals surface area contributed by atoms with E-state index < -0.39 is 17.9 Å². The first-order valence-corrected chi connectivity index (χ1v) is 12.0. The largest absolute Gasteiger partial charge is 0.493 e. The number of benzene rings is 2. The van der Waals surface area contributed by atoms with E-state index >= 15 is 0 Å². The van der Waals surface area contributed by atoms with Crippen LogP contribution in [0.25, 0.3) is 0 Å². The monoisotopic (exact) mass is 581 g/mol. The summed E-state index contributed by atoms with van der Waals surface area (Å²) in [5.74, 6) is 1.37. The van der Waals surface area contributed by atoms with Gasteiger partial charge >= 0.3 is 0 Å². The molecule has 182 valence electrons. The summed E-state index contributed by atoms with van der Waals surface area (Å²) in [5, 5.41) is 6.84. The number of hydrazone groups is 1. The second-order valence-electron chi connectivity index (χ2n) is 7.88. The van der Waals surface area contributed by atoms with Crippen LogP contribution in [0.15, 0.2) is 35.4 Å². The van der Waals surface area contributed by atoms with Crippen LogP contribution >= 0.6 is 22.6 Å². The van der Waals surface area contributed by atoms with E-state index in [1.165, 1.54) is 6.21 Å². The molecule has 2 N–H and O–H groups in total. The van der Waals surface area contributed by atoms with Crippen molar-refractivity contribution in [2.75, 3.05) is 20.5 Å². The van der Waals surface area contributed by atoms with Gasteiger partial charge in [0.1, 0.15) is 6.04 Å². The normalized spacial score (nSPS) is 13.1. The van der Waals surface area contributed by atoms with Gasteiger partial charge in [0, 0.05) is 5.56 Å². The molecule has 1 aliphatic rings. The van der Waals surface area contributed by atoms with Gasteiger partial charge in [-0.2, -0.15) is 5.10 Å². The Morgan fingerprint density at radius 3 is 2.68 bits per heavy atom. The number of carbonyl (C=O) groups excluding carboxylic acids is 2. The van der Waals surface area contributed by atoms with Crippen LogP contribution < -0.4 is 29.7 Å². The minimum Gasteiger partial charge on any atom is -0.493 e. The van der Waals surface area contributed by atoms with Crippen molar-refractivity contribution in [2.24, 2.45) is 11.0 Å². The van der Waals surface area contributed by atoms with E-state index in [9.17, 15) is 9.59 Å². The van der Waals surface area contributed by atoms with Crippen LogP contribution in [0.4, 0.5) is 0 Å². The first kappa shape index (κ1) is 25.6. The van der Waals surface area contributed by atoms with Gasteiger partial charge in [0.25, 0.3) is 11.8 Å². The number of amides is 2. The van der Waals surface area contributed by atoms with E-state index in [0.717, 1.165) is 15.6 Å². The number of carbonyl (C=O) groups is 2. The lowest BCUT2D eigenvalue weighted by atomic mass is 10.0. The molecule has 1 heterocycles. The number of ether oxygens (including phenoxy) is 4. The highest BCUT2D eigenvalue weighted by Crippen LogP contribution is 2.34. The van der Waals surface area contributed by atoms with E-state index in [4.69, 9.17) is 18.9 Å². The molecule has 0 bridgehead atoms. The minimum atomic E-state index is -0.783. The Labute approximate surface area is 212 Å². The molecule has 0 aromatic heterocycles. The van der Waals surface area contributed by atoms with Crippen LogP contribution in [0.5, 0.6) is 23.0 Å². The highest BCUT2D eigenvalue weighted by Gasteiger charge is 2.25. The van der Waals surface area contributed by atoms with Crippen molar-refractivity contribution >= 4 is 40.6 Å². The van der Waals surface area contributed by atoms with Gasteiger partial charge in [-0.25, -0.2) is 5.43 Å². The van der Waals surface area contributed by atoms with E-state index in [2.05, 4.69) is 38.4 Å². The molecule has 1 atom stereocenters. The lowest BCUT2D eigenvalue weighted by Gasteiger charge is -2.20. The summed E-state index contributed by atoms with van der Waals surface area (Å²) in [6.07, 6.45) is 2.40. The Morgan fingerprint density at radius 2 is 1.97 bits per heavy atom. The highest BCUT2D eigenvalue weighted by molar-refractivity contribution is 14.1. The zero-order valence-corrected chi connectivity index (χ0v) is 21.7. The molecule has 9 nitrogen and oxygen atoms in total. The number of hydrogen-bond acceptors (Lipinski definition) is 7. The Hall–Kier alpha value is -3.02. The van der Waals surface area contributed by atoms with E-state index in [1.54, 1.807) is 31.4 Å². The molecule has 0 radical (unpaired) electrons. The molecule has 1 aliphatic heterocycles. The third kappa shape index (κ3) is 6.31. The summed E-state index contributed by atoms with van der Waals surface area (Å²) < 4.78 is 22.6. The van der Waals surface area contributed by atoms with Crippen molar-refractivity contribution in [2.45, 2.75) is 33.2 Å². The van der Waals surface area contributed by atoms with Crippen LogP contribution in [0.3, 0.4) is 0 Å². The average Bonchev–Trinajstić information content (AvgIpc) is 3.29. The van der Waals surface area contributed by atoms with Gasteiger partial charge in [0.15, 0.2) is 23.0 Å². The number of hydrogen-bond donors (Lipinski definition) is 2. The Bertz CT molecular complexity index is 1070. The second-order valence-corrected chi connectivity index (χ2v) is 9.04. The van der Waals surface area contributed by atoms with Crippen molar-refractivity contribution < 1.29 is 28.5 Å². The van der Waals surface area contributed by atoms with Crippen LogP contribution in [-0.2, 0) is 4.79 Å². The van der Waals surface area contributed by atoms with E-state index in [1.807, 2.05) is 26.8 Å². The first-order valence-electron chi connectivity index (χ1n) is 10.9. The standard InChI is InChI=1S/C24H28IN3O6/c1-5-8-32-22-17(25)9-15(10-20(22)31-4)12-26-28-24(30)21(14(2)3)27-23(29)16-6-7-18-19(11-16)34-13-33-18/h6-7,9-12,14,21H,5,8,13H2,1-4H3,(H,27,29)(H,28,30)/b26-12+. The van der Waals surface area contributed by atoms with Crippen molar-refractivity contribution in [1.29, 1.82) is 0 Å². The number of halogens is 1. The molecule has 10 heteroatoms. The van der Waals surface area contributed by atoms with Crippen molar-refractivity contribution in [3.05, 3.63) is 45.0 Å². The van der Waals surface area contributed by atoms with Gasteiger partial charge in [0.2, 0.25) is 6.79 Å².